The molecule has 2 heterocycles. The molecule has 0 saturated heterocycles. The van der Waals surface area contributed by atoms with Crippen LogP contribution < -0.4 is 21.7 Å². The quantitative estimate of drug-likeness (QED) is 0.204. The molecule has 1 aliphatic heterocycles. The molecule has 224 valence electrons. The van der Waals surface area contributed by atoms with E-state index in [0.717, 1.165) is 11.8 Å². The Hall–Kier alpha value is -2.48. The maximum atomic E-state index is 13.1. The molecule has 3 atom stereocenters. The van der Waals surface area contributed by atoms with E-state index >= 15 is 0 Å². The van der Waals surface area contributed by atoms with Gasteiger partial charge in [0.15, 0.2) is 0 Å². The second-order valence-electron chi connectivity index (χ2n) is 10.5. The summed E-state index contributed by atoms with van der Waals surface area (Å²) in [5, 5.41) is 10.0. The first kappa shape index (κ1) is 35.5. The maximum absolute atomic E-state index is 13.1. The Balaban J connectivity index is 0.00000800. The van der Waals surface area contributed by atoms with E-state index in [0.29, 0.717) is 17.2 Å². The molecular weight excluding hydrogens is 578 g/mol. The highest BCUT2D eigenvalue weighted by Gasteiger charge is 2.36. The standard InChI is InChI=1S/C26H39N5O6S2.ClH/c1-14(2)20(27)24(35)38-10-8-7-9-16-11-18(32)28-12-19-29-17(13-39-19)22(33)31-26(5,6)25(36)30-21(15(3)4)23(34)37-16;/h7,9,13-16,20-21H,8,10-12,27H2,1-6H3,(H,28,32)(H,30,36)(H,31,33);1H/b9-7+;/t16-,20-,21+;/m1./s1. The monoisotopic (exact) mass is 617 g/mol. The highest BCUT2D eigenvalue weighted by atomic mass is 35.5. The number of allylic oxidation sites excluding steroid dienone is 1. The number of amides is 3. The number of nitrogens with one attached hydrogen (secondary N) is 3. The number of rotatable bonds is 7. The Labute approximate surface area is 249 Å². The molecule has 11 nitrogen and oxygen atoms in total. The predicted octanol–water partition coefficient (Wildman–Crippen LogP) is 2.34. The lowest BCUT2D eigenvalue weighted by Gasteiger charge is -2.29. The average molecular weight is 618 g/mol. The molecule has 0 radical (unpaired) electrons. The third kappa shape index (κ3) is 10.8. The second kappa shape index (κ2) is 16.1. The van der Waals surface area contributed by atoms with Crippen molar-refractivity contribution in [1.29, 1.82) is 0 Å². The van der Waals surface area contributed by atoms with Gasteiger partial charge in [-0.15, -0.1) is 23.7 Å². The van der Waals surface area contributed by atoms with Gasteiger partial charge in [-0.1, -0.05) is 45.5 Å². The van der Waals surface area contributed by atoms with Crippen LogP contribution in [-0.4, -0.2) is 63.3 Å². The van der Waals surface area contributed by atoms with Gasteiger partial charge < -0.3 is 26.4 Å². The lowest BCUT2D eigenvalue weighted by atomic mass is 9.99. The van der Waals surface area contributed by atoms with E-state index in [1.165, 1.54) is 25.2 Å². The normalized spacial score (nSPS) is 21.3. The van der Waals surface area contributed by atoms with Gasteiger partial charge in [0.1, 0.15) is 28.4 Å². The van der Waals surface area contributed by atoms with Crippen LogP contribution in [0.15, 0.2) is 17.5 Å². The summed E-state index contributed by atoms with van der Waals surface area (Å²) in [5.74, 6) is -2.01. The summed E-state index contributed by atoms with van der Waals surface area (Å²) in [6, 6.07) is -1.55. The summed E-state index contributed by atoms with van der Waals surface area (Å²) in [7, 11) is 0. The van der Waals surface area contributed by atoms with Crippen LogP contribution in [0.1, 0.15) is 69.9 Å². The van der Waals surface area contributed by atoms with E-state index in [9.17, 15) is 24.0 Å². The third-order valence-electron chi connectivity index (χ3n) is 5.95. The van der Waals surface area contributed by atoms with Gasteiger partial charge in [0.2, 0.25) is 16.9 Å². The number of ether oxygens (including phenoxy) is 1. The van der Waals surface area contributed by atoms with E-state index in [1.54, 1.807) is 31.4 Å². The highest BCUT2D eigenvalue weighted by Crippen LogP contribution is 2.16. The molecule has 3 amide bonds. The first-order valence-corrected chi connectivity index (χ1v) is 14.7. The van der Waals surface area contributed by atoms with Crippen molar-refractivity contribution in [3.8, 4) is 0 Å². The fraction of sp³-hybridized carbons (Fsp3) is 0.615. The van der Waals surface area contributed by atoms with Crippen molar-refractivity contribution in [2.75, 3.05) is 5.75 Å². The molecule has 1 aliphatic rings. The van der Waals surface area contributed by atoms with E-state index in [2.05, 4.69) is 20.9 Å². The molecule has 0 fully saturated rings. The number of fused-ring (bicyclic) bond motifs is 2. The number of cyclic esters (lactones) is 1. The molecule has 1 aromatic rings. The van der Waals surface area contributed by atoms with Crippen LogP contribution in [0, 0.1) is 11.8 Å². The summed E-state index contributed by atoms with van der Waals surface area (Å²) in [6.45, 7) is 10.4. The predicted molar refractivity (Wildman–Crippen MR) is 158 cm³/mol. The van der Waals surface area contributed by atoms with E-state index in [4.69, 9.17) is 10.5 Å². The minimum atomic E-state index is -1.34. The molecule has 0 saturated carbocycles. The number of aromatic nitrogens is 1. The van der Waals surface area contributed by atoms with Gasteiger partial charge in [-0.3, -0.25) is 19.2 Å². The fourth-order valence-corrected chi connectivity index (χ4v) is 5.00. The Morgan fingerprint density at radius 1 is 1.25 bits per heavy atom. The number of esters is 1. The first-order chi connectivity index (χ1) is 18.2. The van der Waals surface area contributed by atoms with Gasteiger partial charge in [-0.2, -0.15) is 0 Å². The largest absolute Gasteiger partial charge is 0.456 e. The summed E-state index contributed by atoms with van der Waals surface area (Å²) in [6.07, 6.45) is 2.80. The van der Waals surface area contributed by atoms with Crippen molar-refractivity contribution < 1.29 is 28.7 Å². The molecule has 2 rings (SSSR count). The van der Waals surface area contributed by atoms with Crippen LogP contribution in [-0.2, 0) is 30.5 Å². The van der Waals surface area contributed by atoms with E-state index < -0.39 is 41.5 Å². The Morgan fingerprint density at radius 3 is 2.55 bits per heavy atom. The van der Waals surface area contributed by atoms with Crippen molar-refractivity contribution in [2.24, 2.45) is 17.6 Å². The number of thioether (sulfide) groups is 1. The maximum Gasteiger partial charge on any atom is 0.329 e. The molecule has 5 N–H and O–H groups in total. The van der Waals surface area contributed by atoms with Crippen LogP contribution in [0.3, 0.4) is 0 Å². The third-order valence-corrected chi connectivity index (χ3v) is 7.79. The molecule has 14 heteroatoms. The minimum absolute atomic E-state index is 0. The van der Waals surface area contributed by atoms with Crippen LogP contribution in [0.4, 0.5) is 0 Å². The molecule has 2 bridgehead atoms. The zero-order valence-electron chi connectivity index (χ0n) is 23.6. The van der Waals surface area contributed by atoms with Crippen molar-refractivity contribution >= 4 is 64.3 Å². The first-order valence-electron chi connectivity index (χ1n) is 12.8. The second-order valence-corrected chi connectivity index (χ2v) is 12.6. The van der Waals surface area contributed by atoms with Gasteiger partial charge in [0, 0.05) is 11.1 Å². The number of hydrogen-bond donors (Lipinski definition) is 4. The zero-order valence-corrected chi connectivity index (χ0v) is 26.1. The summed E-state index contributed by atoms with van der Waals surface area (Å²) in [5.41, 5.74) is 4.67. The number of nitrogens with zero attached hydrogens (tertiary/aromatic N) is 1. The molecule has 0 unspecified atom stereocenters. The number of halogens is 1. The number of carbonyl (C=O) groups is 5. The number of thiazole rings is 1. The van der Waals surface area contributed by atoms with Gasteiger partial charge in [-0.25, -0.2) is 9.78 Å². The smallest absolute Gasteiger partial charge is 0.329 e. The lowest BCUT2D eigenvalue weighted by Crippen LogP contribution is -2.59. The van der Waals surface area contributed by atoms with Crippen molar-refractivity contribution in [2.45, 2.75) is 84.7 Å². The van der Waals surface area contributed by atoms with Crippen LogP contribution in [0.5, 0.6) is 0 Å². The Kier molecular flexibility index (Phi) is 14.3. The lowest BCUT2D eigenvalue weighted by molar-refractivity contribution is -0.153. The van der Waals surface area contributed by atoms with Crippen molar-refractivity contribution in [3.05, 3.63) is 28.2 Å². The van der Waals surface area contributed by atoms with Gasteiger partial charge >= 0.3 is 5.97 Å². The molecule has 0 aromatic carbocycles. The topological polar surface area (TPSA) is 170 Å². The van der Waals surface area contributed by atoms with Crippen LogP contribution in [0.2, 0.25) is 0 Å². The fourth-order valence-electron chi connectivity index (χ4n) is 3.36. The summed E-state index contributed by atoms with van der Waals surface area (Å²) < 4.78 is 5.66. The zero-order chi connectivity index (χ0) is 29.3. The Morgan fingerprint density at radius 2 is 1.93 bits per heavy atom. The molecule has 1 aromatic heterocycles. The highest BCUT2D eigenvalue weighted by molar-refractivity contribution is 8.13. The van der Waals surface area contributed by atoms with E-state index in [1.807, 2.05) is 13.8 Å². The van der Waals surface area contributed by atoms with Crippen LogP contribution in [0.25, 0.3) is 0 Å². The van der Waals surface area contributed by atoms with E-state index in [-0.39, 0.29) is 53.9 Å². The van der Waals surface area contributed by atoms with Crippen molar-refractivity contribution in [3.63, 3.8) is 0 Å². The SMILES string of the molecule is CC(C)[C@@H]1NC(=O)C(C)(C)NC(=O)c2csc(n2)CNC(=O)C[C@@H](/C=C/CCSC(=O)[C@H](N)C(C)C)OC1=O.Cl. The summed E-state index contributed by atoms with van der Waals surface area (Å²) in [4.78, 5) is 67.9. The van der Waals surface area contributed by atoms with Crippen LogP contribution >= 0.6 is 35.5 Å². The molecule has 0 aliphatic carbocycles. The Bertz CT molecular complexity index is 1090. The average Bonchev–Trinajstić information content (AvgIpc) is 3.33. The van der Waals surface area contributed by atoms with Crippen molar-refractivity contribution in [1.82, 2.24) is 20.9 Å². The number of carbonyl (C=O) groups excluding carboxylic acids is 5. The molecular formula is C26H40ClN5O6S2. The molecule has 40 heavy (non-hydrogen) atoms. The number of nitrogens with two attached hydrogens (primary N) is 1. The van der Waals surface area contributed by atoms with Gasteiger partial charge in [-0.05, 0) is 38.2 Å². The summed E-state index contributed by atoms with van der Waals surface area (Å²) >= 11 is 2.34. The van der Waals surface area contributed by atoms with Gasteiger partial charge in [0.25, 0.3) is 5.91 Å². The minimum Gasteiger partial charge on any atom is -0.456 e. The molecule has 0 spiro atoms. The van der Waals surface area contributed by atoms with Gasteiger partial charge in [0.05, 0.1) is 19.0 Å². The number of hydrogen-bond acceptors (Lipinski definition) is 10.